The van der Waals surface area contributed by atoms with Gasteiger partial charge in [-0.25, -0.2) is 0 Å². The standard InChI is InChI=1S/C13H19BrN2.2ClH/c1-10-5-11(7-12(14)6-10)8-16-4-2-3-13(15)9-16;;/h5-7,13H,2-4,8-9,15H2,1H3;2*1H/t13-;;/m0../s1. The van der Waals surface area contributed by atoms with Crippen LogP contribution >= 0.6 is 40.7 Å². The Morgan fingerprint density at radius 2 is 2.06 bits per heavy atom. The van der Waals surface area contributed by atoms with Crippen LogP contribution in [0.3, 0.4) is 0 Å². The Kier molecular flexibility index (Phi) is 8.48. The SMILES string of the molecule is Cc1cc(Br)cc(CN2CCC[C@H](N)C2)c1.Cl.Cl. The second kappa shape index (κ2) is 8.39. The lowest BCUT2D eigenvalue weighted by Crippen LogP contribution is -2.42. The Bertz CT molecular complexity index is 354. The van der Waals surface area contributed by atoms with Gasteiger partial charge in [-0.1, -0.05) is 22.0 Å². The van der Waals surface area contributed by atoms with Gasteiger partial charge in [0.2, 0.25) is 0 Å². The molecule has 2 rings (SSSR count). The lowest BCUT2D eigenvalue weighted by Gasteiger charge is -2.30. The van der Waals surface area contributed by atoms with E-state index in [0.29, 0.717) is 6.04 Å². The van der Waals surface area contributed by atoms with Crippen LogP contribution in [0.2, 0.25) is 0 Å². The van der Waals surface area contributed by atoms with E-state index in [4.69, 9.17) is 5.73 Å². The molecule has 0 saturated carbocycles. The molecule has 104 valence electrons. The second-order valence-electron chi connectivity index (χ2n) is 4.77. The predicted molar refractivity (Wildman–Crippen MR) is 85.9 cm³/mol. The van der Waals surface area contributed by atoms with Crippen LogP contribution in [-0.4, -0.2) is 24.0 Å². The van der Waals surface area contributed by atoms with Gasteiger partial charge in [0, 0.05) is 23.6 Å². The number of benzene rings is 1. The van der Waals surface area contributed by atoms with Crippen molar-refractivity contribution >= 4 is 40.7 Å². The average molecular weight is 356 g/mol. The number of piperidine rings is 1. The highest BCUT2D eigenvalue weighted by Gasteiger charge is 2.16. The first-order valence-electron chi connectivity index (χ1n) is 5.87. The van der Waals surface area contributed by atoms with E-state index < -0.39 is 0 Å². The minimum Gasteiger partial charge on any atom is -0.327 e. The van der Waals surface area contributed by atoms with Crippen LogP contribution in [0.15, 0.2) is 22.7 Å². The summed E-state index contributed by atoms with van der Waals surface area (Å²) >= 11 is 3.55. The molecule has 0 amide bonds. The van der Waals surface area contributed by atoms with Gasteiger partial charge >= 0.3 is 0 Å². The Balaban J connectivity index is 0.00000144. The van der Waals surface area contributed by atoms with Gasteiger partial charge in [0.1, 0.15) is 0 Å². The fourth-order valence-electron chi connectivity index (χ4n) is 2.40. The van der Waals surface area contributed by atoms with E-state index in [1.807, 2.05) is 0 Å². The van der Waals surface area contributed by atoms with Crippen LogP contribution < -0.4 is 5.73 Å². The fraction of sp³-hybridized carbons (Fsp3) is 0.538. The highest BCUT2D eigenvalue weighted by molar-refractivity contribution is 9.10. The Morgan fingerprint density at radius 3 is 2.67 bits per heavy atom. The largest absolute Gasteiger partial charge is 0.327 e. The van der Waals surface area contributed by atoms with Gasteiger partial charge in [-0.3, -0.25) is 4.90 Å². The van der Waals surface area contributed by atoms with E-state index in [9.17, 15) is 0 Å². The molecule has 1 aliphatic rings. The number of rotatable bonds is 2. The van der Waals surface area contributed by atoms with Crippen LogP contribution in [0.5, 0.6) is 0 Å². The van der Waals surface area contributed by atoms with Crippen molar-refractivity contribution in [1.29, 1.82) is 0 Å². The molecule has 0 spiro atoms. The first-order chi connectivity index (χ1) is 7.63. The van der Waals surface area contributed by atoms with Gasteiger partial charge in [-0.05, 0) is 49.6 Å². The molecule has 1 aromatic rings. The third kappa shape index (κ3) is 5.45. The molecule has 18 heavy (non-hydrogen) atoms. The third-order valence-corrected chi connectivity index (χ3v) is 3.51. The van der Waals surface area contributed by atoms with E-state index in [1.54, 1.807) is 0 Å². The number of nitrogens with zero attached hydrogens (tertiary/aromatic N) is 1. The molecule has 2 nitrogen and oxygen atoms in total. The number of nitrogens with two attached hydrogens (primary N) is 1. The quantitative estimate of drug-likeness (QED) is 0.879. The molecule has 1 fully saturated rings. The van der Waals surface area contributed by atoms with Crippen LogP contribution in [0, 0.1) is 6.92 Å². The monoisotopic (exact) mass is 354 g/mol. The van der Waals surface area contributed by atoms with Crippen molar-refractivity contribution in [2.75, 3.05) is 13.1 Å². The summed E-state index contributed by atoms with van der Waals surface area (Å²) < 4.78 is 1.17. The molecule has 1 heterocycles. The van der Waals surface area contributed by atoms with Gasteiger partial charge in [0.25, 0.3) is 0 Å². The maximum Gasteiger partial charge on any atom is 0.0234 e. The molecular weight excluding hydrogens is 335 g/mol. The first-order valence-corrected chi connectivity index (χ1v) is 6.67. The van der Waals surface area contributed by atoms with Crippen LogP contribution in [0.25, 0.3) is 0 Å². The van der Waals surface area contributed by atoms with Gasteiger partial charge in [0.05, 0.1) is 0 Å². The van der Waals surface area contributed by atoms with Crippen molar-refractivity contribution in [2.24, 2.45) is 5.73 Å². The lowest BCUT2D eigenvalue weighted by molar-refractivity contribution is 0.201. The molecule has 2 N–H and O–H groups in total. The van der Waals surface area contributed by atoms with Gasteiger partial charge in [0.15, 0.2) is 0 Å². The summed E-state index contributed by atoms with van der Waals surface area (Å²) in [5.41, 5.74) is 8.67. The average Bonchev–Trinajstić information content (AvgIpc) is 2.15. The van der Waals surface area contributed by atoms with Crippen molar-refractivity contribution in [3.05, 3.63) is 33.8 Å². The van der Waals surface area contributed by atoms with Gasteiger partial charge in [-0.2, -0.15) is 0 Å². The molecule has 0 aliphatic carbocycles. The maximum atomic E-state index is 5.99. The molecule has 0 bridgehead atoms. The molecule has 0 radical (unpaired) electrons. The van der Waals surface area contributed by atoms with E-state index >= 15 is 0 Å². The highest BCUT2D eigenvalue weighted by Crippen LogP contribution is 2.18. The topological polar surface area (TPSA) is 29.3 Å². The van der Waals surface area contributed by atoms with Gasteiger partial charge in [-0.15, -0.1) is 24.8 Å². The van der Waals surface area contributed by atoms with Crippen molar-refractivity contribution in [3.8, 4) is 0 Å². The summed E-state index contributed by atoms with van der Waals surface area (Å²) in [6, 6.07) is 6.96. The van der Waals surface area contributed by atoms with Crippen molar-refractivity contribution in [3.63, 3.8) is 0 Å². The minimum absolute atomic E-state index is 0. The Hall–Kier alpha value is 0.200. The maximum absolute atomic E-state index is 5.99. The van der Waals surface area contributed by atoms with Crippen molar-refractivity contribution in [1.82, 2.24) is 4.90 Å². The third-order valence-electron chi connectivity index (χ3n) is 3.05. The predicted octanol–water partition coefficient (Wildman–Crippen LogP) is 3.52. The number of aryl methyl sites for hydroxylation is 1. The van der Waals surface area contributed by atoms with E-state index in [2.05, 4.69) is 46.0 Å². The first kappa shape index (κ1) is 18.2. The Morgan fingerprint density at radius 1 is 1.33 bits per heavy atom. The number of likely N-dealkylation sites (tertiary alicyclic amines) is 1. The summed E-state index contributed by atoms with van der Waals surface area (Å²) in [6.07, 6.45) is 2.40. The molecule has 1 atom stereocenters. The van der Waals surface area contributed by atoms with E-state index in [0.717, 1.165) is 13.1 Å². The van der Waals surface area contributed by atoms with Crippen LogP contribution in [0.1, 0.15) is 24.0 Å². The number of halogens is 3. The Labute approximate surface area is 130 Å². The molecule has 1 saturated heterocycles. The number of hydrogen-bond donors (Lipinski definition) is 1. The highest BCUT2D eigenvalue weighted by atomic mass is 79.9. The fourth-order valence-corrected chi connectivity index (χ4v) is 3.05. The molecule has 0 unspecified atom stereocenters. The zero-order valence-corrected chi connectivity index (χ0v) is 13.8. The smallest absolute Gasteiger partial charge is 0.0234 e. The second-order valence-corrected chi connectivity index (χ2v) is 5.69. The molecule has 5 heteroatoms. The molecule has 1 aromatic carbocycles. The van der Waals surface area contributed by atoms with Crippen LogP contribution in [0.4, 0.5) is 0 Å². The summed E-state index contributed by atoms with van der Waals surface area (Å²) in [5.74, 6) is 0. The normalized spacial score (nSPS) is 19.8. The van der Waals surface area contributed by atoms with Crippen LogP contribution in [-0.2, 0) is 6.54 Å². The summed E-state index contributed by atoms with van der Waals surface area (Å²) in [5, 5.41) is 0. The lowest BCUT2D eigenvalue weighted by atomic mass is 10.1. The summed E-state index contributed by atoms with van der Waals surface area (Å²) in [4.78, 5) is 2.45. The van der Waals surface area contributed by atoms with E-state index in [1.165, 1.54) is 35.0 Å². The van der Waals surface area contributed by atoms with Crippen molar-refractivity contribution < 1.29 is 0 Å². The van der Waals surface area contributed by atoms with Gasteiger partial charge < -0.3 is 5.73 Å². The van der Waals surface area contributed by atoms with E-state index in [-0.39, 0.29) is 24.8 Å². The molecule has 1 aliphatic heterocycles. The summed E-state index contributed by atoms with van der Waals surface area (Å²) in [6.45, 7) is 5.37. The zero-order valence-electron chi connectivity index (χ0n) is 10.6. The molecular formula is C13H21BrCl2N2. The number of hydrogen-bond acceptors (Lipinski definition) is 2. The summed E-state index contributed by atoms with van der Waals surface area (Å²) in [7, 11) is 0. The minimum atomic E-state index is 0. The van der Waals surface area contributed by atoms with Crippen molar-refractivity contribution in [2.45, 2.75) is 32.4 Å². The molecule has 0 aromatic heterocycles. The zero-order chi connectivity index (χ0) is 11.5.